The van der Waals surface area contributed by atoms with Gasteiger partial charge in [-0.3, -0.25) is 10.2 Å². The molecule has 2 heterocycles. The first-order valence-corrected chi connectivity index (χ1v) is 14.6. The summed E-state index contributed by atoms with van der Waals surface area (Å²) < 4.78 is 5.80. The number of phenolic OH excluding ortho intramolecular Hbond substituents is 1. The van der Waals surface area contributed by atoms with Gasteiger partial charge in [0.15, 0.2) is 0 Å². The Morgan fingerprint density at radius 2 is 2.12 bits per heavy atom. The predicted molar refractivity (Wildman–Crippen MR) is 167 cm³/mol. The molecule has 3 unspecified atom stereocenters. The van der Waals surface area contributed by atoms with E-state index in [1.807, 2.05) is 38.2 Å². The molecular weight excluding hydrogens is 530 g/mol. The minimum atomic E-state index is -0.392. The summed E-state index contributed by atoms with van der Waals surface area (Å²) in [5.74, 6) is 0.881. The number of nitrogens with one attached hydrogen (secondary N) is 4. The molecule has 1 aromatic heterocycles. The van der Waals surface area contributed by atoms with Crippen molar-refractivity contribution in [2.24, 2.45) is 16.6 Å². The summed E-state index contributed by atoms with van der Waals surface area (Å²) in [4.78, 5) is 19.3. The molecule has 2 aromatic carbocycles. The van der Waals surface area contributed by atoms with E-state index in [9.17, 15) is 9.90 Å². The molecule has 42 heavy (non-hydrogen) atoms. The first-order chi connectivity index (χ1) is 20.3. The van der Waals surface area contributed by atoms with Crippen molar-refractivity contribution < 1.29 is 20.0 Å². The first-order valence-electron chi connectivity index (χ1n) is 14.6. The van der Waals surface area contributed by atoms with Crippen molar-refractivity contribution in [2.75, 3.05) is 26.2 Å². The van der Waals surface area contributed by atoms with Crippen molar-refractivity contribution in [1.82, 2.24) is 20.9 Å². The molecule has 9 N–H and O–H groups in total. The van der Waals surface area contributed by atoms with Crippen LogP contribution in [0.25, 0.3) is 11.1 Å². The van der Waals surface area contributed by atoms with Gasteiger partial charge in [-0.1, -0.05) is 13.0 Å². The number of amides is 1. The number of hydrogen-bond acceptors (Lipinski definition) is 6. The molecule has 3 atom stereocenters. The monoisotopic (exact) mass is 574 g/mol. The Balaban J connectivity index is 1.58. The van der Waals surface area contributed by atoms with Crippen LogP contribution in [-0.2, 0) is 11.2 Å². The highest BCUT2D eigenvalue weighted by atomic mass is 16.5. The van der Waals surface area contributed by atoms with Crippen LogP contribution in [0.15, 0.2) is 53.7 Å². The minimum Gasteiger partial charge on any atom is -0.508 e. The van der Waals surface area contributed by atoms with E-state index in [0.29, 0.717) is 31.4 Å². The van der Waals surface area contributed by atoms with Crippen LogP contribution >= 0.6 is 0 Å². The number of amidine groups is 1. The number of carbonyl (C=O) groups excluding carboxylic acids is 1. The summed E-state index contributed by atoms with van der Waals surface area (Å²) in [6, 6.07) is 13.4. The Bertz CT molecular complexity index is 1390. The van der Waals surface area contributed by atoms with Crippen LogP contribution in [0, 0.1) is 12.8 Å². The number of aromatic nitrogens is 1. The molecule has 0 spiro atoms. The Kier molecular flexibility index (Phi) is 10.7. The molecule has 0 bridgehead atoms. The number of carbonyl (C=O) groups is 1. The summed E-state index contributed by atoms with van der Waals surface area (Å²) in [6.45, 7) is 8.20. The smallest absolute Gasteiger partial charge is 0.216 e. The Hall–Kier alpha value is -4.15. The van der Waals surface area contributed by atoms with E-state index < -0.39 is 5.92 Å². The second-order valence-corrected chi connectivity index (χ2v) is 10.8. The molecule has 4 rings (SSSR count). The fraction of sp³-hybridized carbons (Fsp3) is 0.406. The number of hydrogen-bond donors (Lipinski definition) is 7. The van der Waals surface area contributed by atoms with Gasteiger partial charge in [0.05, 0.1) is 18.3 Å². The molecule has 1 saturated heterocycles. The third-order valence-corrected chi connectivity index (χ3v) is 7.64. The predicted octanol–water partition coefficient (Wildman–Crippen LogP) is 2.29. The summed E-state index contributed by atoms with van der Waals surface area (Å²) in [5.41, 5.74) is 12.4. The number of aromatic hydroxyl groups is 1. The maximum atomic E-state index is 11.1. The third kappa shape index (κ3) is 7.98. The van der Waals surface area contributed by atoms with Crippen LogP contribution in [0.4, 0.5) is 5.69 Å². The number of phenols is 1. The fourth-order valence-corrected chi connectivity index (χ4v) is 5.38. The highest BCUT2D eigenvalue weighted by Crippen LogP contribution is 2.31. The zero-order valence-corrected chi connectivity index (χ0v) is 24.7. The number of ether oxygens (including phenoxy) is 1. The van der Waals surface area contributed by atoms with Crippen molar-refractivity contribution in [1.29, 1.82) is 0 Å². The average molecular weight is 575 g/mol. The van der Waals surface area contributed by atoms with Crippen molar-refractivity contribution >= 4 is 23.6 Å². The quantitative estimate of drug-likeness (QED) is 0.0888. The molecule has 10 heteroatoms. The molecule has 0 aliphatic carbocycles. The Morgan fingerprint density at radius 3 is 2.81 bits per heavy atom. The van der Waals surface area contributed by atoms with Crippen molar-refractivity contribution in [2.45, 2.75) is 52.1 Å². The Labute approximate surface area is 247 Å². The molecule has 224 valence electrons. The van der Waals surface area contributed by atoms with Crippen LogP contribution in [-0.4, -0.2) is 60.3 Å². The zero-order chi connectivity index (χ0) is 30.1. The summed E-state index contributed by atoms with van der Waals surface area (Å²) in [6.07, 6.45) is 6.58. The maximum Gasteiger partial charge on any atom is 0.216 e. The van der Waals surface area contributed by atoms with Gasteiger partial charge in [0, 0.05) is 31.4 Å². The van der Waals surface area contributed by atoms with Crippen LogP contribution in [0.5, 0.6) is 11.5 Å². The number of benzene rings is 2. The van der Waals surface area contributed by atoms with Gasteiger partial charge < -0.3 is 36.5 Å². The van der Waals surface area contributed by atoms with E-state index in [-0.39, 0.29) is 17.7 Å². The highest BCUT2D eigenvalue weighted by Gasteiger charge is 2.30. The average Bonchev–Trinajstić information content (AvgIpc) is 3.67. The lowest BCUT2D eigenvalue weighted by Crippen LogP contribution is -2.47. The number of aliphatic imine (C=N–C) groups is 1. The number of nitrogens with zero attached hydrogens (tertiary/aromatic N) is 1. The van der Waals surface area contributed by atoms with Gasteiger partial charge in [-0.15, -0.1) is 0 Å². The molecule has 0 radical (unpaired) electrons. The van der Waals surface area contributed by atoms with Crippen LogP contribution in [0.3, 0.4) is 0 Å². The number of nitrogens with two attached hydrogens (primary N) is 2. The summed E-state index contributed by atoms with van der Waals surface area (Å²) >= 11 is 0. The number of rotatable bonds is 14. The highest BCUT2D eigenvalue weighted by molar-refractivity contribution is 5.97. The molecular formula is C32H44N7O3+. The largest absolute Gasteiger partial charge is 0.508 e. The van der Waals surface area contributed by atoms with Crippen LogP contribution in [0.1, 0.15) is 49.6 Å². The van der Waals surface area contributed by atoms with E-state index in [1.54, 1.807) is 24.4 Å². The molecule has 1 aliphatic rings. The van der Waals surface area contributed by atoms with Crippen molar-refractivity contribution in [3.8, 4) is 22.6 Å². The fourth-order valence-electron chi connectivity index (χ4n) is 5.38. The first kappa shape index (κ1) is 30.8. The van der Waals surface area contributed by atoms with Crippen molar-refractivity contribution in [3.05, 3.63) is 65.5 Å². The summed E-state index contributed by atoms with van der Waals surface area (Å²) in [5, 5.41) is 26.1. The second-order valence-electron chi connectivity index (χ2n) is 10.8. The molecule has 0 saturated carbocycles. The van der Waals surface area contributed by atoms with E-state index in [1.165, 1.54) is 6.92 Å². The molecule has 1 fully saturated rings. The normalized spacial score (nSPS) is 16.6. The molecule has 1 amide bonds. The van der Waals surface area contributed by atoms with Gasteiger partial charge in [-0.2, -0.15) is 0 Å². The van der Waals surface area contributed by atoms with E-state index in [0.717, 1.165) is 65.3 Å². The van der Waals surface area contributed by atoms with Crippen LogP contribution < -0.4 is 31.8 Å². The number of H-pyrrole nitrogens is 1. The molecule has 3 aromatic rings. The van der Waals surface area contributed by atoms with Gasteiger partial charge >= 0.3 is 0 Å². The second kappa shape index (κ2) is 14.7. The third-order valence-electron chi connectivity index (χ3n) is 7.64. The number of aryl methyl sites for hydroxylation is 2. The summed E-state index contributed by atoms with van der Waals surface area (Å²) in [7, 11) is 0. The van der Waals surface area contributed by atoms with Gasteiger partial charge in [-0.25, -0.2) is 4.99 Å². The molecule has 1 aliphatic heterocycles. The molecule has 10 nitrogen and oxygen atoms in total. The van der Waals surface area contributed by atoms with E-state index in [2.05, 4.69) is 27.0 Å². The van der Waals surface area contributed by atoms with Gasteiger partial charge in [0.25, 0.3) is 0 Å². The van der Waals surface area contributed by atoms with Crippen molar-refractivity contribution in [3.63, 3.8) is 0 Å². The zero-order valence-electron chi connectivity index (χ0n) is 24.7. The minimum absolute atomic E-state index is 0.0748. The topological polar surface area (TPSA) is 162 Å². The van der Waals surface area contributed by atoms with Gasteiger partial charge in [0.2, 0.25) is 5.91 Å². The SMILES string of the molecule is CCc1cc(O)ccc1N=C(N)C(C=[NH2+])C(NCC1CCCN1)c1cc(-c2ccc(OCCNC(C)=O)cc2C)c[nH]1. The Morgan fingerprint density at radius 1 is 1.29 bits per heavy atom. The number of aromatic amines is 1. The van der Waals surface area contributed by atoms with Gasteiger partial charge in [-0.05, 0) is 91.4 Å². The lowest BCUT2D eigenvalue weighted by molar-refractivity contribution is -0.119. The maximum absolute atomic E-state index is 11.1. The van der Waals surface area contributed by atoms with Gasteiger partial charge in [0.1, 0.15) is 36.1 Å². The lowest BCUT2D eigenvalue weighted by atomic mass is 9.95. The van der Waals surface area contributed by atoms with Crippen LogP contribution in [0.2, 0.25) is 0 Å². The van der Waals surface area contributed by atoms with E-state index >= 15 is 0 Å². The van der Waals surface area contributed by atoms with E-state index in [4.69, 9.17) is 20.9 Å². The standard InChI is InChI=1S/C32H43N7O3/c1-4-22-15-25(41)7-10-29(22)39-32(34)28(17-33)31(38-19-24-6-5-11-36-24)30-16-23(18-37-30)27-9-8-26(14-20(27)2)42-13-12-35-21(3)40/h7-10,14-18,24,28,31,33,36-38,41H,4-6,11-13,19H2,1-3H3,(H2,34,39)(H,35,40)/p+1. The lowest BCUT2D eigenvalue weighted by Gasteiger charge is -2.25.